The van der Waals surface area contributed by atoms with E-state index in [-0.39, 0.29) is 24.0 Å². The standard InChI is InChI=1S/C21H20N2O4S/c24-17(13-14-5-2-1-3-6-14)22-21-23-18(16-7-4-10-27-16)20(28-21)19(25)15-8-11-26-12-9-15/h1-7,10,15H,8-9,11-13H2,(H,22,23,24). The van der Waals surface area contributed by atoms with Gasteiger partial charge in [-0.05, 0) is 30.5 Å². The lowest BCUT2D eigenvalue weighted by Gasteiger charge is -2.20. The highest BCUT2D eigenvalue weighted by molar-refractivity contribution is 7.18. The second kappa shape index (κ2) is 8.50. The number of hydrogen-bond donors (Lipinski definition) is 1. The van der Waals surface area contributed by atoms with E-state index < -0.39 is 0 Å². The molecule has 1 aliphatic rings. The third kappa shape index (κ3) is 4.21. The Morgan fingerprint density at radius 2 is 1.89 bits per heavy atom. The minimum Gasteiger partial charge on any atom is -0.463 e. The lowest BCUT2D eigenvalue weighted by molar-refractivity contribution is -0.115. The summed E-state index contributed by atoms with van der Waals surface area (Å²) in [6.07, 6.45) is 3.19. The predicted molar refractivity (Wildman–Crippen MR) is 106 cm³/mol. The van der Waals surface area contributed by atoms with Crippen LogP contribution in [0.3, 0.4) is 0 Å². The topological polar surface area (TPSA) is 81.4 Å². The summed E-state index contributed by atoms with van der Waals surface area (Å²) in [6.45, 7) is 1.18. The minimum absolute atomic E-state index is 0.0377. The van der Waals surface area contributed by atoms with Crippen LogP contribution >= 0.6 is 11.3 Å². The number of carbonyl (C=O) groups is 2. The van der Waals surface area contributed by atoms with Gasteiger partial charge in [-0.3, -0.25) is 9.59 Å². The van der Waals surface area contributed by atoms with Crippen molar-refractivity contribution in [2.45, 2.75) is 19.3 Å². The number of ketones is 1. The maximum absolute atomic E-state index is 13.1. The van der Waals surface area contributed by atoms with Crippen LogP contribution in [0.15, 0.2) is 53.1 Å². The fourth-order valence-electron chi connectivity index (χ4n) is 3.21. The van der Waals surface area contributed by atoms with Crippen LogP contribution in [-0.2, 0) is 16.0 Å². The molecule has 1 N–H and O–H groups in total. The molecule has 0 spiro atoms. The average Bonchev–Trinajstić information content (AvgIpc) is 3.38. The summed E-state index contributed by atoms with van der Waals surface area (Å²) in [7, 11) is 0. The highest BCUT2D eigenvalue weighted by Gasteiger charge is 2.29. The van der Waals surface area contributed by atoms with E-state index in [1.807, 2.05) is 30.3 Å². The van der Waals surface area contributed by atoms with Crippen LogP contribution in [0.4, 0.5) is 5.13 Å². The summed E-state index contributed by atoms with van der Waals surface area (Å²) in [4.78, 5) is 30.5. The smallest absolute Gasteiger partial charge is 0.230 e. The largest absolute Gasteiger partial charge is 0.463 e. The van der Waals surface area contributed by atoms with Gasteiger partial charge in [-0.25, -0.2) is 4.98 Å². The molecule has 4 rings (SSSR count). The van der Waals surface area contributed by atoms with Crippen LogP contribution < -0.4 is 5.32 Å². The first kappa shape index (κ1) is 18.6. The molecular weight excluding hydrogens is 376 g/mol. The van der Waals surface area contributed by atoms with Crippen molar-refractivity contribution in [3.63, 3.8) is 0 Å². The number of aromatic nitrogens is 1. The highest BCUT2D eigenvalue weighted by atomic mass is 32.1. The molecule has 28 heavy (non-hydrogen) atoms. The van der Waals surface area contributed by atoms with Crippen LogP contribution in [0.25, 0.3) is 11.5 Å². The lowest BCUT2D eigenvalue weighted by Crippen LogP contribution is -2.23. The Labute approximate surface area is 166 Å². The first-order valence-electron chi connectivity index (χ1n) is 9.21. The van der Waals surface area contributed by atoms with Crippen molar-refractivity contribution in [3.05, 3.63) is 59.2 Å². The number of nitrogens with one attached hydrogen (secondary N) is 1. The van der Waals surface area contributed by atoms with Crippen molar-refractivity contribution >= 4 is 28.2 Å². The number of ether oxygens (including phenoxy) is 1. The minimum atomic E-state index is -0.170. The molecule has 1 amide bonds. The van der Waals surface area contributed by atoms with Gasteiger partial charge in [0.15, 0.2) is 16.7 Å². The molecule has 3 aromatic rings. The number of carbonyl (C=O) groups excluding carboxylic acids is 2. The van der Waals surface area contributed by atoms with Crippen molar-refractivity contribution in [2.24, 2.45) is 5.92 Å². The van der Waals surface area contributed by atoms with E-state index in [0.29, 0.717) is 47.5 Å². The van der Waals surface area contributed by atoms with Gasteiger partial charge in [-0.15, -0.1) is 0 Å². The molecule has 1 fully saturated rings. The van der Waals surface area contributed by atoms with E-state index in [1.54, 1.807) is 18.4 Å². The quantitative estimate of drug-likeness (QED) is 0.632. The van der Waals surface area contributed by atoms with E-state index in [0.717, 1.165) is 5.56 Å². The van der Waals surface area contributed by atoms with Crippen LogP contribution in [0.5, 0.6) is 0 Å². The highest BCUT2D eigenvalue weighted by Crippen LogP contribution is 2.35. The molecule has 1 saturated heterocycles. The van der Waals surface area contributed by atoms with Gasteiger partial charge >= 0.3 is 0 Å². The first-order valence-corrected chi connectivity index (χ1v) is 10.0. The molecule has 144 valence electrons. The zero-order valence-corrected chi connectivity index (χ0v) is 16.0. The van der Waals surface area contributed by atoms with Gasteiger partial charge in [0.05, 0.1) is 12.7 Å². The second-order valence-corrected chi connectivity index (χ2v) is 7.63. The number of rotatable bonds is 6. The van der Waals surface area contributed by atoms with E-state index in [9.17, 15) is 9.59 Å². The number of thiazole rings is 1. The summed E-state index contributed by atoms with van der Waals surface area (Å²) in [5.74, 6) is 0.303. The van der Waals surface area contributed by atoms with Gasteiger partial charge in [0.25, 0.3) is 0 Å². The molecule has 7 heteroatoms. The van der Waals surface area contributed by atoms with Crippen molar-refractivity contribution in [3.8, 4) is 11.5 Å². The SMILES string of the molecule is O=C(Cc1ccccc1)Nc1nc(-c2ccco2)c(C(=O)C2CCOCC2)s1. The van der Waals surface area contributed by atoms with Gasteiger partial charge in [-0.2, -0.15) is 0 Å². The Kier molecular flexibility index (Phi) is 5.64. The van der Waals surface area contributed by atoms with Crippen molar-refractivity contribution < 1.29 is 18.7 Å². The van der Waals surface area contributed by atoms with Crippen LogP contribution in [0, 0.1) is 5.92 Å². The molecule has 0 aliphatic carbocycles. The summed E-state index contributed by atoms with van der Waals surface area (Å²) in [6, 6.07) is 13.0. The molecule has 2 aromatic heterocycles. The van der Waals surface area contributed by atoms with E-state index in [4.69, 9.17) is 9.15 Å². The third-order valence-corrected chi connectivity index (χ3v) is 5.64. The van der Waals surface area contributed by atoms with Gasteiger partial charge in [0.1, 0.15) is 10.6 Å². The number of Topliss-reactive ketones (excluding diaryl/α,β-unsaturated/α-hetero) is 1. The Morgan fingerprint density at radius 3 is 2.61 bits per heavy atom. The number of anilines is 1. The number of hydrogen-bond acceptors (Lipinski definition) is 6. The summed E-state index contributed by atoms with van der Waals surface area (Å²) < 4.78 is 10.8. The first-order chi connectivity index (χ1) is 13.7. The lowest BCUT2D eigenvalue weighted by atomic mass is 9.94. The Bertz CT molecular complexity index is 944. The Balaban J connectivity index is 1.56. The normalized spacial score (nSPS) is 14.7. The van der Waals surface area contributed by atoms with E-state index in [1.165, 1.54) is 11.3 Å². The molecule has 0 unspecified atom stereocenters. The Morgan fingerprint density at radius 1 is 1.11 bits per heavy atom. The summed E-state index contributed by atoms with van der Waals surface area (Å²) in [5, 5.41) is 3.23. The maximum Gasteiger partial charge on any atom is 0.230 e. The fourth-order valence-corrected chi connectivity index (χ4v) is 4.22. The summed E-state index contributed by atoms with van der Waals surface area (Å²) >= 11 is 1.20. The number of nitrogens with zero attached hydrogens (tertiary/aromatic N) is 1. The van der Waals surface area contributed by atoms with Crippen molar-refractivity contribution in [1.29, 1.82) is 0 Å². The molecule has 0 atom stereocenters. The molecule has 1 aromatic carbocycles. The van der Waals surface area contributed by atoms with Crippen LogP contribution in [0.2, 0.25) is 0 Å². The van der Waals surface area contributed by atoms with Crippen LogP contribution in [-0.4, -0.2) is 29.9 Å². The molecule has 6 nitrogen and oxygen atoms in total. The number of benzene rings is 1. The van der Waals surface area contributed by atoms with Gasteiger partial charge < -0.3 is 14.5 Å². The molecule has 3 heterocycles. The molecule has 1 aliphatic heterocycles. The number of furan rings is 1. The van der Waals surface area contributed by atoms with E-state index in [2.05, 4.69) is 10.3 Å². The number of amides is 1. The molecular formula is C21H20N2O4S. The summed E-state index contributed by atoms with van der Waals surface area (Å²) in [5.41, 5.74) is 1.41. The van der Waals surface area contributed by atoms with Gasteiger partial charge in [0, 0.05) is 19.1 Å². The molecule has 0 bridgehead atoms. The van der Waals surface area contributed by atoms with Gasteiger partial charge in [0.2, 0.25) is 5.91 Å². The zero-order chi connectivity index (χ0) is 19.3. The van der Waals surface area contributed by atoms with E-state index >= 15 is 0 Å². The van der Waals surface area contributed by atoms with Crippen molar-refractivity contribution in [1.82, 2.24) is 4.98 Å². The maximum atomic E-state index is 13.1. The predicted octanol–water partition coefficient (Wildman–Crippen LogP) is 4.19. The Hall–Kier alpha value is -2.77. The molecule has 0 radical (unpaired) electrons. The van der Waals surface area contributed by atoms with Crippen LogP contribution in [0.1, 0.15) is 28.1 Å². The average molecular weight is 396 g/mol. The zero-order valence-electron chi connectivity index (χ0n) is 15.2. The van der Waals surface area contributed by atoms with Gasteiger partial charge in [-0.1, -0.05) is 41.7 Å². The fraction of sp³-hybridized carbons (Fsp3) is 0.286. The third-order valence-electron chi connectivity index (χ3n) is 4.65. The molecule has 0 saturated carbocycles. The monoisotopic (exact) mass is 396 g/mol. The second-order valence-electron chi connectivity index (χ2n) is 6.64. The van der Waals surface area contributed by atoms with Crippen molar-refractivity contribution in [2.75, 3.05) is 18.5 Å².